The van der Waals surface area contributed by atoms with E-state index in [0.717, 1.165) is 17.7 Å². The molecule has 1 amide bonds. The monoisotopic (exact) mass is 511 g/mol. The van der Waals surface area contributed by atoms with Gasteiger partial charge in [0.05, 0.1) is 17.0 Å². The molecule has 0 unspecified atom stereocenters. The highest BCUT2D eigenvalue weighted by Gasteiger charge is 2.31. The summed E-state index contributed by atoms with van der Waals surface area (Å²) in [5.41, 5.74) is 0.275. The molecule has 1 N–H and O–H groups in total. The van der Waals surface area contributed by atoms with Gasteiger partial charge in [0.25, 0.3) is 0 Å². The van der Waals surface area contributed by atoms with Gasteiger partial charge in [-0.3, -0.25) is 4.79 Å². The SMILES string of the molecule is O=C1N/C(=N\N=C/c2ccc(-c3cccc(C(F)(F)F)c3)o2)S[C@@H]1Cc1cc(Cl)ccc1Cl. The van der Waals surface area contributed by atoms with Gasteiger partial charge in [-0.25, -0.2) is 0 Å². The Morgan fingerprint density at radius 1 is 1.12 bits per heavy atom. The minimum Gasteiger partial charge on any atom is -0.455 e. The quantitative estimate of drug-likeness (QED) is 0.316. The Morgan fingerprint density at radius 3 is 2.73 bits per heavy atom. The molecule has 3 aromatic rings. The topological polar surface area (TPSA) is 67.0 Å². The van der Waals surface area contributed by atoms with Crippen LogP contribution in [0.15, 0.2) is 69.2 Å². The van der Waals surface area contributed by atoms with Crippen molar-refractivity contribution in [2.24, 2.45) is 10.2 Å². The Labute approximate surface area is 200 Å². The molecule has 2 heterocycles. The number of hydrogen-bond acceptors (Lipinski definition) is 5. The number of furan rings is 1. The second kappa shape index (κ2) is 9.62. The molecule has 170 valence electrons. The highest BCUT2D eigenvalue weighted by Crippen LogP contribution is 2.32. The number of halogens is 5. The van der Waals surface area contributed by atoms with E-state index in [4.69, 9.17) is 27.6 Å². The number of nitrogens with one attached hydrogen (secondary N) is 1. The van der Waals surface area contributed by atoms with Crippen molar-refractivity contribution in [1.82, 2.24) is 5.32 Å². The summed E-state index contributed by atoms with van der Waals surface area (Å²) in [5, 5.41) is 11.4. The molecule has 11 heteroatoms. The van der Waals surface area contributed by atoms with Gasteiger partial charge in [-0.05, 0) is 54.4 Å². The Hall–Kier alpha value is -2.75. The summed E-state index contributed by atoms with van der Waals surface area (Å²) in [6.07, 6.45) is -2.77. The first-order valence-corrected chi connectivity index (χ1v) is 11.1. The van der Waals surface area contributed by atoms with Crippen LogP contribution in [0.2, 0.25) is 10.0 Å². The Bertz CT molecular complexity index is 1260. The largest absolute Gasteiger partial charge is 0.455 e. The fraction of sp³-hybridized carbons (Fsp3) is 0.136. The Kier molecular flexibility index (Phi) is 6.83. The average molecular weight is 512 g/mol. The van der Waals surface area contributed by atoms with E-state index in [1.54, 1.807) is 30.3 Å². The molecule has 0 bridgehead atoms. The van der Waals surface area contributed by atoms with E-state index in [9.17, 15) is 18.0 Å². The van der Waals surface area contributed by atoms with E-state index in [1.807, 2.05) is 0 Å². The van der Waals surface area contributed by atoms with Gasteiger partial charge in [-0.1, -0.05) is 47.1 Å². The maximum atomic E-state index is 12.9. The van der Waals surface area contributed by atoms with E-state index in [1.165, 1.54) is 30.1 Å². The zero-order chi connectivity index (χ0) is 23.6. The van der Waals surface area contributed by atoms with Crippen molar-refractivity contribution in [2.75, 3.05) is 0 Å². The summed E-state index contributed by atoms with van der Waals surface area (Å²) < 4.78 is 44.3. The lowest BCUT2D eigenvalue weighted by atomic mass is 10.1. The van der Waals surface area contributed by atoms with E-state index in [0.29, 0.717) is 27.4 Å². The summed E-state index contributed by atoms with van der Waals surface area (Å²) in [5.74, 6) is 0.329. The summed E-state index contributed by atoms with van der Waals surface area (Å²) in [6.45, 7) is 0. The summed E-state index contributed by atoms with van der Waals surface area (Å²) in [6, 6.07) is 13.0. The molecular formula is C22H14Cl2F3N3O2S. The standard InChI is InChI=1S/C22H14Cl2F3N3O2S/c23-15-4-6-17(24)13(9-15)10-19-20(31)29-21(33-19)30-28-11-16-5-7-18(32-16)12-2-1-3-14(8-12)22(25,26)27/h1-9,11,19H,10H2,(H,29,30,31)/b28-11-/t19-/m1/s1. The van der Waals surface area contributed by atoms with Gasteiger partial charge in [-0.2, -0.15) is 18.3 Å². The number of benzene rings is 2. The van der Waals surface area contributed by atoms with Crippen molar-refractivity contribution in [3.05, 3.63) is 81.5 Å². The van der Waals surface area contributed by atoms with E-state index >= 15 is 0 Å². The molecule has 1 aliphatic rings. The lowest BCUT2D eigenvalue weighted by Crippen LogP contribution is -2.26. The molecule has 1 saturated heterocycles. The Balaban J connectivity index is 1.41. The zero-order valence-electron chi connectivity index (χ0n) is 16.6. The maximum absolute atomic E-state index is 12.9. The van der Waals surface area contributed by atoms with E-state index in [2.05, 4.69) is 15.5 Å². The third-order valence-electron chi connectivity index (χ3n) is 4.62. The molecule has 0 spiro atoms. The zero-order valence-corrected chi connectivity index (χ0v) is 18.9. The number of thioether (sulfide) groups is 1. The second-order valence-corrected chi connectivity index (χ2v) is 9.00. The van der Waals surface area contributed by atoms with Gasteiger partial charge in [0.1, 0.15) is 11.5 Å². The van der Waals surface area contributed by atoms with Crippen molar-refractivity contribution in [1.29, 1.82) is 0 Å². The number of hydrogen-bond donors (Lipinski definition) is 1. The van der Waals surface area contributed by atoms with Gasteiger partial charge in [0, 0.05) is 15.6 Å². The van der Waals surface area contributed by atoms with E-state index < -0.39 is 17.0 Å². The maximum Gasteiger partial charge on any atom is 0.416 e. The van der Waals surface area contributed by atoms with Crippen molar-refractivity contribution in [3.8, 4) is 11.3 Å². The molecule has 5 nitrogen and oxygen atoms in total. The van der Waals surface area contributed by atoms with E-state index in [-0.39, 0.29) is 17.2 Å². The number of alkyl halides is 3. The average Bonchev–Trinajstić information content (AvgIpc) is 3.37. The number of carbonyl (C=O) groups is 1. The van der Waals surface area contributed by atoms with Crippen LogP contribution < -0.4 is 5.32 Å². The van der Waals surface area contributed by atoms with Gasteiger partial charge < -0.3 is 9.73 Å². The molecule has 4 rings (SSSR count). The minimum absolute atomic E-state index is 0.227. The number of rotatable bonds is 5. The smallest absolute Gasteiger partial charge is 0.416 e. The van der Waals surface area contributed by atoms with Gasteiger partial charge >= 0.3 is 6.18 Å². The van der Waals surface area contributed by atoms with Crippen LogP contribution in [0.4, 0.5) is 13.2 Å². The van der Waals surface area contributed by atoms with Crippen LogP contribution in [-0.2, 0) is 17.4 Å². The highest BCUT2D eigenvalue weighted by molar-refractivity contribution is 8.15. The Morgan fingerprint density at radius 2 is 1.94 bits per heavy atom. The summed E-state index contributed by atoms with van der Waals surface area (Å²) in [7, 11) is 0. The van der Waals surface area contributed by atoms with Crippen molar-refractivity contribution < 1.29 is 22.4 Å². The van der Waals surface area contributed by atoms with Crippen LogP contribution in [0.5, 0.6) is 0 Å². The number of carbonyl (C=O) groups excluding carboxylic acids is 1. The molecule has 1 atom stereocenters. The van der Waals surface area contributed by atoms with Gasteiger partial charge in [-0.15, -0.1) is 5.10 Å². The fourth-order valence-electron chi connectivity index (χ4n) is 3.05. The van der Waals surface area contributed by atoms with Gasteiger partial charge in [0.2, 0.25) is 5.91 Å². The molecule has 1 aliphatic heterocycles. The molecule has 1 fully saturated rings. The van der Waals surface area contributed by atoms with Crippen molar-refractivity contribution in [3.63, 3.8) is 0 Å². The first kappa shape index (κ1) is 23.4. The predicted molar refractivity (Wildman–Crippen MR) is 124 cm³/mol. The van der Waals surface area contributed by atoms with Crippen LogP contribution in [0, 0.1) is 0 Å². The molecule has 2 aromatic carbocycles. The molecule has 1 aromatic heterocycles. The molecular weight excluding hydrogens is 498 g/mol. The van der Waals surface area contributed by atoms with Crippen molar-refractivity contribution in [2.45, 2.75) is 17.8 Å². The van der Waals surface area contributed by atoms with Crippen LogP contribution in [-0.4, -0.2) is 22.5 Å². The first-order chi connectivity index (χ1) is 15.7. The van der Waals surface area contributed by atoms with Crippen LogP contribution in [0.25, 0.3) is 11.3 Å². The molecule has 33 heavy (non-hydrogen) atoms. The van der Waals surface area contributed by atoms with Crippen LogP contribution in [0.3, 0.4) is 0 Å². The molecule has 0 aliphatic carbocycles. The number of amides is 1. The normalized spacial score (nSPS) is 17.8. The van der Waals surface area contributed by atoms with Crippen molar-refractivity contribution >= 4 is 52.3 Å². The third-order valence-corrected chi connectivity index (χ3v) is 6.30. The second-order valence-electron chi connectivity index (χ2n) is 6.97. The lowest BCUT2D eigenvalue weighted by Gasteiger charge is -2.07. The highest BCUT2D eigenvalue weighted by atomic mass is 35.5. The molecule has 0 saturated carbocycles. The lowest BCUT2D eigenvalue weighted by molar-refractivity contribution is -0.137. The molecule has 0 radical (unpaired) electrons. The third kappa shape index (κ3) is 5.79. The summed E-state index contributed by atoms with van der Waals surface area (Å²) in [4.78, 5) is 12.2. The fourth-order valence-corrected chi connectivity index (χ4v) is 4.39. The van der Waals surface area contributed by atoms with Crippen LogP contribution in [0.1, 0.15) is 16.9 Å². The van der Waals surface area contributed by atoms with Gasteiger partial charge in [0.15, 0.2) is 5.17 Å². The number of nitrogens with zero attached hydrogens (tertiary/aromatic N) is 2. The number of amidine groups is 1. The first-order valence-electron chi connectivity index (χ1n) is 9.49. The predicted octanol–water partition coefficient (Wildman–Crippen LogP) is 6.44. The minimum atomic E-state index is -4.44. The summed E-state index contributed by atoms with van der Waals surface area (Å²) >= 11 is 13.4. The van der Waals surface area contributed by atoms with Crippen LogP contribution >= 0.6 is 35.0 Å².